The summed E-state index contributed by atoms with van der Waals surface area (Å²) in [5, 5.41) is -0.0405. The van der Waals surface area contributed by atoms with Gasteiger partial charge in [0.25, 0.3) is 5.56 Å². The van der Waals surface area contributed by atoms with E-state index in [0.29, 0.717) is 16.8 Å². The van der Waals surface area contributed by atoms with E-state index in [1.54, 1.807) is 32.0 Å². The van der Waals surface area contributed by atoms with Crippen LogP contribution < -0.4 is 5.56 Å². The third kappa shape index (κ3) is 4.28. The van der Waals surface area contributed by atoms with E-state index in [0.717, 1.165) is 23.7 Å². The molecule has 2 aromatic carbocycles. The highest BCUT2D eigenvalue weighted by Gasteiger charge is 2.41. The van der Waals surface area contributed by atoms with Crippen molar-refractivity contribution in [3.05, 3.63) is 116 Å². The zero-order chi connectivity index (χ0) is 27.3. The van der Waals surface area contributed by atoms with Crippen molar-refractivity contribution in [3.63, 3.8) is 0 Å². The molecule has 1 saturated carbocycles. The fourth-order valence-corrected chi connectivity index (χ4v) is 5.19. The molecule has 0 N–H and O–H groups in total. The second-order valence-corrected chi connectivity index (χ2v) is 9.68. The number of benzene rings is 2. The molecule has 0 spiro atoms. The number of carbonyl (C=O) groups is 1. The number of halogens is 4. The van der Waals surface area contributed by atoms with E-state index in [1.165, 1.54) is 36.5 Å². The third-order valence-corrected chi connectivity index (χ3v) is 7.29. The zero-order valence-corrected chi connectivity index (χ0v) is 21.4. The number of pyridine rings is 2. The van der Waals surface area contributed by atoms with Crippen LogP contribution in [0, 0.1) is 31.3 Å². The summed E-state index contributed by atoms with van der Waals surface area (Å²) in [7, 11) is 1.11. The van der Waals surface area contributed by atoms with Gasteiger partial charge in [-0.05, 0) is 79.1 Å². The molecule has 2 atom stereocenters. The quantitative estimate of drug-likeness (QED) is 0.267. The minimum Gasteiger partial charge on any atom is -0.465 e. The number of aromatic nitrogens is 2. The van der Waals surface area contributed by atoms with Crippen LogP contribution in [0.1, 0.15) is 51.0 Å². The van der Waals surface area contributed by atoms with Gasteiger partial charge in [-0.1, -0.05) is 29.8 Å². The molecule has 5 rings (SSSR count). The summed E-state index contributed by atoms with van der Waals surface area (Å²) in [4.78, 5) is 29.5. The van der Waals surface area contributed by atoms with Crippen LogP contribution in [0.3, 0.4) is 0 Å². The first-order valence-electron chi connectivity index (χ1n) is 11.8. The molecule has 0 unspecified atom stereocenters. The lowest BCUT2D eigenvalue weighted by atomic mass is 10.0. The average molecular weight is 539 g/mol. The Kier molecular flexibility index (Phi) is 6.61. The van der Waals surface area contributed by atoms with E-state index < -0.39 is 23.2 Å². The Morgan fingerprint density at radius 3 is 2.45 bits per heavy atom. The second kappa shape index (κ2) is 9.76. The van der Waals surface area contributed by atoms with Gasteiger partial charge in [-0.3, -0.25) is 14.3 Å². The number of hydrogen-bond donors (Lipinski definition) is 0. The Balaban J connectivity index is 1.60. The predicted octanol–water partition coefficient (Wildman–Crippen LogP) is 6.64. The first-order valence-corrected chi connectivity index (χ1v) is 12.2. The normalized spacial score (nSPS) is 16.4. The molecule has 5 nitrogen and oxygen atoms in total. The van der Waals surface area contributed by atoms with E-state index in [-0.39, 0.29) is 45.2 Å². The maximum atomic E-state index is 16.0. The van der Waals surface area contributed by atoms with Crippen molar-refractivity contribution in [3.8, 4) is 16.9 Å². The van der Waals surface area contributed by atoms with Gasteiger partial charge in [0, 0.05) is 17.5 Å². The molecular formula is C29H22ClF3N2O3. The van der Waals surface area contributed by atoms with Gasteiger partial charge in [-0.25, -0.2) is 18.0 Å². The van der Waals surface area contributed by atoms with E-state index >= 15 is 8.78 Å². The number of methoxy groups -OCH3 is 1. The van der Waals surface area contributed by atoms with Gasteiger partial charge in [0.1, 0.15) is 22.4 Å². The number of ether oxygens (including phenoxy) is 1. The van der Waals surface area contributed by atoms with Crippen LogP contribution in [0.4, 0.5) is 13.2 Å². The predicted molar refractivity (Wildman–Crippen MR) is 138 cm³/mol. The van der Waals surface area contributed by atoms with Crippen LogP contribution in [0.25, 0.3) is 16.9 Å². The van der Waals surface area contributed by atoms with Crippen molar-refractivity contribution in [2.45, 2.75) is 32.1 Å². The van der Waals surface area contributed by atoms with Crippen molar-refractivity contribution in [2.24, 2.45) is 0 Å². The van der Waals surface area contributed by atoms with Crippen molar-refractivity contribution in [2.75, 3.05) is 7.11 Å². The Morgan fingerprint density at radius 2 is 1.76 bits per heavy atom. The molecule has 1 aliphatic carbocycles. The van der Waals surface area contributed by atoms with Crippen LogP contribution in [0.5, 0.6) is 0 Å². The molecule has 0 bridgehead atoms. The van der Waals surface area contributed by atoms with Gasteiger partial charge in [-0.2, -0.15) is 0 Å². The van der Waals surface area contributed by atoms with Crippen LogP contribution in [-0.4, -0.2) is 22.6 Å². The Hall–Kier alpha value is -3.91. The summed E-state index contributed by atoms with van der Waals surface area (Å²) in [6.07, 6.45) is 2.08. The first-order chi connectivity index (χ1) is 18.1. The fourth-order valence-electron chi connectivity index (χ4n) is 4.91. The van der Waals surface area contributed by atoms with Gasteiger partial charge in [0.2, 0.25) is 0 Å². The molecule has 2 heterocycles. The number of nitrogens with zero attached hydrogens (tertiary/aromatic N) is 2. The summed E-state index contributed by atoms with van der Waals surface area (Å²) >= 11 is 6.55. The van der Waals surface area contributed by atoms with Gasteiger partial charge in [0.05, 0.1) is 18.4 Å². The molecule has 0 radical (unpaired) electrons. The Labute approximate surface area is 221 Å². The van der Waals surface area contributed by atoms with Gasteiger partial charge in [0.15, 0.2) is 5.82 Å². The Bertz CT molecular complexity index is 1650. The van der Waals surface area contributed by atoms with Crippen LogP contribution in [-0.2, 0) is 4.74 Å². The molecule has 1 aliphatic rings. The number of rotatable bonds is 5. The van der Waals surface area contributed by atoms with Crippen LogP contribution in [0.2, 0.25) is 5.02 Å². The molecule has 38 heavy (non-hydrogen) atoms. The summed E-state index contributed by atoms with van der Waals surface area (Å²) in [6.45, 7) is 3.24. The van der Waals surface area contributed by atoms with Crippen LogP contribution >= 0.6 is 11.6 Å². The highest BCUT2D eigenvalue weighted by molar-refractivity contribution is 6.31. The standard InChI is InChI=1S/C29H22ClF3N2O3/c1-14-13-34-26(18-5-4-6-19(24(18)32)29(37)38-3)25(33)27(14)35-15(2)11-22(23(30)28(35)36)21-12-20(21)16-7-9-17(31)10-8-16/h4-11,13,20-21H,12H2,1-3H3/t20-,21+/m1/s1. The molecule has 4 aromatic rings. The minimum atomic E-state index is -0.987. The molecule has 0 amide bonds. The van der Waals surface area contributed by atoms with Gasteiger partial charge >= 0.3 is 5.97 Å². The lowest BCUT2D eigenvalue weighted by Gasteiger charge is -2.18. The number of esters is 1. The Morgan fingerprint density at radius 1 is 1.05 bits per heavy atom. The fraction of sp³-hybridized carbons (Fsp3) is 0.207. The monoisotopic (exact) mass is 538 g/mol. The van der Waals surface area contributed by atoms with Crippen molar-refractivity contribution >= 4 is 17.6 Å². The van der Waals surface area contributed by atoms with Gasteiger partial charge in [-0.15, -0.1) is 0 Å². The third-order valence-electron chi connectivity index (χ3n) is 6.91. The second-order valence-electron chi connectivity index (χ2n) is 9.31. The number of aryl methyl sites for hydroxylation is 2. The van der Waals surface area contributed by atoms with E-state index in [4.69, 9.17) is 11.6 Å². The van der Waals surface area contributed by atoms with Gasteiger partial charge < -0.3 is 4.74 Å². The minimum absolute atomic E-state index is 0.0249. The summed E-state index contributed by atoms with van der Waals surface area (Å²) in [6, 6.07) is 11.9. The van der Waals surface area contributed by atoms with Crippen molar-refractivity contribution in [1.29, 1.82) is 0 Å². The number of carbonyl (C=O) groups excluding carboxylic acids is 1. The lowest BCUT2D eigenvalue weighted by molar-refractivity contribution is 0.0595. The SMILES string of the molecule is COC(=O)c1cccc(-c2ncc(C)c(-n3c(C)cc([C@H]4C[C@@H]4c4ccc(F)cc4)c(Cl)c3=O)c2F)c1F. The summed E-state index contributed by atoms with van der Waals surface area (Å²) < 4.78 is 50.2. The van der Waals surface area contributed by atoms with E-state index in [1.807, 2.05) is 0 Å². The summed E-state index contributed by atoms with van der Waals surface area (Å²) in [5.74, 6) is -3.09. The highest BCUT2D eigenvalue weighted by atomic mass is 35.5. The topological polar surface area (TPSA) is 61.2 Å². The molecule has 1 fully saturated rings. The molecule has 0 saturated heterocycles. The van der Waals surface area contributed by atoms with Crippen molar-refractivity contribution < 1.29 is 22.7 Å². The molecular weight excluding hydrogens is 517 g/mol. The molecule has 9 heteroatoms. The maximum absolute atomic E-state index is 16.0. The number of hydrogen-bond acceptors (Lipinski definition) is 4. The maximum Gasteiger partial charge on any atom is 0.340 e. The zero-order valence-electron chi connectivity index (χ0n) is 20.7. The molecule has 194 valence electrons. The van der Waals surface area contributed by atoms with E-state index in [9.17, 15) is 14.0 Å². The highest BCUT2D eigenvalue weighted by Crippen LogP contribution is 2.55. The van der Waals surface area contributed by atoms with Crippen molar-refractivity contribution in [1.82, 2.24) is 9.55 Å². The summed E-state index contributed by atoms with van der Waals surface area (Å²) in [5.41, 5.74) is 0.653. The smallest absolute Gasteiger partial charge is 0.340 e. The molecule has 2 aromatic heterocycles. The largest absolute Gasteiger partial charge is 0.465 e. The average Bonchev–Trinajstić information content (AvgIpc) is 3.69. The molecule has 0 aliphatic heterocycles. The lowest BCUT2D eigenvalue weighted by Crippen LogP contribution is -2.24. The first kappa shape index (κ1) is 25.7. The van der Waals surface area contributed by atoms with E-state index in [2.05, 4.69) is 9.72 Å². The van der Waals surface area contributed by atoms with Crippen LogP contribution in [0.15, 0.2) is 59.5 Å².